The zero-order valence-electron chi connectivity index (χ0n) is 12.7. The third-order valence-corrected chi connectivity index (χ3v) is 3.22. The van der Waals surface area contributed by atoms with Gasteiger partial charge < -0.3 is 9.84 Å². The highest BCUT2D eigenvalue weighted by atomic mass is 16.5. The molecule has 0 unspecified atom stereocenters. The zero-order valence-corrected chi connectivity index (χ0v) is 12.7. The molecule has 2 rings (SSSR count). The Labute approximate surface area is 124 Å². The third kappa shape index (κ3) is 4.15. The monoisotopic (exact) mass is 287 g/mol. The van der Waals surface area contributed by atoms with Crippen LogP contribution >= 0.6 is 0 Å². The highest BCUT2D eigenvalue weighted by Crippen LogP contribution is 2.19. The molecular weight excluding hydrogens is 266 g/mol. The van der Waals surface area contributed by atoms with E-state index in [4.69, 9.17) is 4.52 Å². The normalized spacial score (nSPS) is 12.1. The van der Waals surface area contributed by atoms with Gasteiger partial charge in [-0.25, -0.2) is 0 Å². The highest BCUT2D eigenvalue weighted by Gasteiger charge is 2.17. The number of amides is 1. The standard InChI is InChI=1S/C16H21N3O2/c1-4-5-9-14(20)17-12(3)16-18-15(19-21-16)13-8-6-7-11(2)10-13/h6-8,10,12H,4-5,9H2,1-3H3,(H,17,20)/t12-/m1/s1. The lowest BCUT2D eigenvalue weighted by Gasteiger charge is -2.08. The average molecular weight is 287 g/mol. The molecule has 112 valence electrons. The Hall–Kier alpha value is -2.17. The summed E-state index contributed by atoms with van der Waals surface area (Å²) in [6.45, 7) is 5.92. The van der Waals surface area contributed by atoms with E-state index in [0.717, 1.165) is 24.0 Å². The fourth-order valence-electron chi connectivity index (χ4n) is 2.03. The Morgan fingerprint density at radius 1 is 1.43 bits per heavy atom. The van der Waals surface area contributed by atoms with Crippen LogP contribution in [0, 0.1) is 6.92 Å². The van der Waals surface area contributed by atoms with Gasteiger partial charge in [-0.2, -0.15) is 4.98 Å². The Kier molecular flexibility index (Phi) is 5.09. The predicted octanol–water partition coefficient (Wildman–Crippen LogP) is 3.41. The van der Waals surface area contributed by atoms with Crippen LogP contribution in [0.3, 0.4) is 0 Å². The van der Waals surface area contributed by atoms with Crippen molar-refractivity contribution in [3.63, 3.8) is 0 Å². The summed E-state index contributed by atoms with van der Waals surface area (Å²) < 4.78 is 5.25. The summed E-state index contributed by atoms with van der Waals surface area (Å²) in [5.74, 6) is 0.986. The molecule has 0 radical (unpaired) electrons. The molecule has 0 aliphatic rings. The number of rotatable bonds is 6. The molecule has 0 fully saturated rings. The summed E-state index contributed by atoms with van der Waals surface area (Å²) in [5, 5.41) is 6.85. The van der Waals surface area contributed by atoms with Gasteiger partial charge in [0.05, 0.1) is 0 Å². The van der Waals surface area contributed by atoms with Crippen molar-refractivity contribution in [3.8, 4) is 11.4 Å². The lowest BCUT2D eigenvalue weighted by atomic mass is 10.1. The smallest absolute Gasteiger partial charge is 0.249 e. The van der Waals surface area contributed by atoms with Crippen LogP contribution in [0.1, 0.15) is 50.6 Å². The van der Waals surface area contributed by atoms with Gasteiger partial charge in [-0.3, -0.25) is 4.79 Å². The topological polar surface area (TPSA) is 68.0 Å². The van der Waals surface area contributed by atoms with E-state index >= 15 is 0 Å². The minimum Gasteiger partial charge on any atom is -0.345 e. The van der Waals surface area contributed by atoms with Crippen LogP contribution in [0.15, 0.2) is 28.8 Å². The molecule has 0 aliphatic heterocycles. The number of carbonyl (C=O) groups excluding carboxylic acids is 1. The Balaban J connectivity index is 2.04. The fraction of sp³-hybridized carbons (Fsp3) is 0.438. The van der Waals surface area contributed by atoms with Gasteiger partial charge >= 0.3 is 0 Å². The lowest BCUT2D eigenvalue weighted by Crippen LogP contribution is -2.26. The van der Waals surface area contributed by atoms with Crippen molar-refractivity contribution < 1.29 is 9.32 Å². The van der Waals surface area contributed by atoms with Crippen molar-refractivity contribution in [1.29, 1.82) is 0 Å². The summed E-state index contributed by atoms with van der Waals surface area (Å²) in [4.78, 5) is 16.1. The molecular formula is C16H21N3O2. The maximum Gasteiger partial charge on any atom is 0.249 e. The molecule has 1 N–H and O–H groups in total. The van der Waals surface area contributed by atoms with Crippen molar-refractivity contribution in [2.75, 3.05) is 0 Å². The molecule has 1 amide bonds. The van der Waals surface area contributed by atoms with Crippen molar-refractivity contribution in [2.24, 2.45) is 0 Å². The molecule has 0 saturated carbocycles. The van der Waals surface area contributed by atoms with Gasteiger partial charge in [0, 0.05) is 12.0 Å². The second-order valence-electron chi connectivity index (χ2n) is 5.22. The SMILES string of the molecule is CCCCC(=O)N[C@H](C)c1nc(-c2cccc(C)c2)no1. The third-order valence-electron chi connectivity index (χ3n) is 3.22. The first-order valence-corrected chi connectivity index (χ1v) is 7.30. The number of nitrogens with zero attached hydrogens (tertiary/aromatic N) is 2. The zero-order chi connectivity index (χ0) is 15.2. The van der Waals surface area contributed by atoms with Gasteiger partial charge in [-0.05, 0) is 26.3 Å². The number of benzene rings is 1. The van der Waals surface area contributed by atoms with Gasteiger partial charge in [0.1, 0.15) is 6.04 Å². The van der Waals surface area contributed by atoms with Crippen LogP contribution in [-0.4, -0.2) is 16.0 Å². The van der Waals surface area contributed by atoms with Crippen LogP contribution in [-0.2, 0) is 4.79 Å². The van der Waals surface area contributed by atoms with E-state index in [9.17, 15) is 4.79 Å². The van der Waals surface area contributed by atoms with Crippen LogP contribution in [0.2, 0.25) is 0 Å². The largest absolute Gasteiger partial charge is 0.345 e. The molecule has 0 spiro atoms. The van der Waals surface area contributed by atoms with Gasteiger partial charge in [-0.15, -0.1) is 0 Å². The lowest BCUT2D eigenvalue weighted by molar-refractivity contribution is -0.122. The van der Waals surface area contributed by atoms with Crippen molar-refractivity contribution in [1.82, 2.24) is 15.5 Å². The minimum atomic E-state index is -0.277. The van der Waals surface area contributed by atoms with E-state index < -0.39 is 0 Å². The number of hydrogen-bond acceptors (Lipinski definition) is 4. The second kappa shape index (κ2) is 7.02. The van der Waals surface area contributed by atoms with Gasteiger partial charge in [0.25, 0.3) is 0 Å². The molecule has 1 atom stereocenters. The maximum atomic E-state index is 11.7. The summed E-state index contributed by atoms with van der Waals surface area (Å²) in [6.07, 6.45) is 2.41. The molecule has 1 aromatic carbocycles. The Morgan fingerprint density at radius 3 is 2.95 bits per heavy atom. The molecule has 5 heteroatoms. The van der Waals surface area contributed by atoms with E-state index in [1.54, 1.807) is 0 Å². The number of carbonyl (C=O) groups is 1. The number of aryl methyl sites for hydroxylation is 1. The van der Waals surface area contributed by atoms with Gasteiger partial charge in [0.2, 0.25) is 17.6 Å². The summed E-state index contributed by atoms with van der Waals surface area (Å²) in [5.41, 5.74) is 2.05. The number of aromatic nitrogens is 2. The van der Waals surface area contributed by atoms with Crippen LogP contribution in [0.5, 0.6) is 0 Å². The Bertz CT molecular complexity index is 607. The van der Waals surface area contributed by atoms with E-state index in [0.29, 0.717) is 18.1 Å². The molecule has 0 bridgehead atoms. The van der Waals surface area contributed by atoms with Crippen molar-refractivity contribution >= 4 is 5.91 Å². The maximum absolute atomic E-state index is 11.7. The molecule has 0 saturated heterocycles. The number of nitrogens with one attached hydrogen (secondary N) is 1. The Morgan fingerprint density at radius 2 is 2.24 bits per heavy atom. The van der Waals surface area contributed by atoms with Crippen LogP contribution < -0.4 is 5.32 Å². The fourth-order valence-corrected chi connectivity index (χ4v) is 2.03. The molecule has 5 nitrogen and oxygen atoms in total. The van der Waals surface area contributed by atoms with E-state index in [1.807, 2.05) is 38.1 Å². The second-order valence-corrected chi connectivity index (χ2v) is 5.22. The van der Waals surface area contributed by atoms with Gasteiger partial charge in [0.15, 0.2) is 0 Å². The predicted molar refractivity (Wildman–Crippen MR) is 80.6 cm³/mol. The van der Waals surface area contributed by atoms with Crippen molar-refractivity contribution in [3.05, 3.63) is 35.7 Å². The van der Waals surface area contributed by atoms with E-state index in [2.05, 4.69) is 22.4 Å². The van der Waals surface area contributed by atoms with Crippen LogP contribution in [0.25, 0.3) is 11.4 Å². The minimum absolute atomic E-state index is 0.0136. The molecule has 1 aromatic heterocycles. The molecule has 0 aliphatic carbocycles. The first-order valence-electron chi connectivity index (χ1n) is 7.30. The van der Waals surface area contributed by atoms with Crippen LogP contribution in [0.4, 0.5) is 0 Å². The van der Waals surface area contributed by atoms with E-state index in [1.165, 1.54) is 0 Å². The van der Waals surface area contributed by atoms with E-state index in [-0.39, 0.29) is 11.9 Å². The highest BCUT2D eigenvalue weighted by molar-refractivity contribution is 5.76. The average Bonchev–Trinajstić information content (AvgIpc) is 2.95. The summed E-state index contributed by atoms with van der Waals surface area (Å²) >= 11 is 0. The van der Waals surface area contributed by atoms with Gasteiger partial charge in [-0.1, -0.05) is 42.3 Å². The summed E-state index contributed by atoms with van der Waals surface area (Å²) in [6, 6.07) is 7.63. The number of unbranched alkanes of at least 4 members (excludes halogenated alkanes) is 1. The first-order chi connectivity index (χ1) is 10.1. The molecule has 2 aromatic rings. The number of hydrogen-bond donors (Lipinski definition) is 1. The molecule has 21 heavy (non-hydrogen) atoms. The summed E-state index contributed by atoms with van der Waals surface area (Å²) in [7, 11) is 0. The quantitative estimate of drug-likeness (QED) is 0.884. The molecule has 1 heterocycles. The first kappa shape index (κ1) is 15.2. The van der Waals surface area contributed by atoms with Crippen molar-refractivity contribution in [2.45, 2.75) is 46.1 Å².